The molecule has 1 aromatic carbocycles. The summed E-state index contributed by atoms with van der Waals surface area (Å²) in [5.74, 6) is 0.574. The largest absolute Gasteiger partial charge is 0.497 e. The fraction of sp³-hybridized carbons (Fsp3) is 0.176. The van der Waals surface area contributed by atoms with E-state index in [0.29, 0.717) is 17.1 Å². The third-order valence-corrected chi connectivity index (χ3v) is 4.21. The zero-order valence-corrected chi connectivity index (χ0v) is 14.1. The number of aromatic nitrogens is 3. The van der Waals surface area contributed by atoms with E-state index in [4.69, 9.17) is 4.74 Å². The molecule has 2 heterocycles. The number of hydrogen-bond donors (Lipinski definition) is 1. The van der Waals surface area contributed by atoms with Gasteiger partial charge in [-0.05, 0) is 36.8 Å². The molecule has 0 aliphatic rings. The van der Waals surface area contributed by atoms with Gasteiger partial charge >= 0.3 is 0 Å². The van der Waals surface area contributed by atoms with Crippen LogP contribution in [0.15, 0.2) is 42.6 Å². The van der Waals surface area contributed by atoms with E-state index in [2.05, 4.69) is 20.5 Å². The number of hydrogen-bond acceptors (Lipinski definition) is 6. The number of nitrogens with one attached hydrogen (secondary N) is 1. The Hall–Kier alpha value is -2.80. The molecule has 0 aliphatic carbocycles. The van der Waals surface area contributed by atoms with Gasteiger partial charge in [-0.3, -0.25) is 15.1 Å². The summed E-state index contributed by atoms with van der Waals surface area (Å²) in [5.41, 5.74) is 2.46. The molecular weight excluding hydrogens is 324 g/mol. The highest BCUT2D eigenvalue weighted by atomic mass is 32.1. The second-order valence-electron chi connectivity index (χ2n) is 5.17. The zero-order chi connectivity index (χ0) is 16.9. The third kappa shape index (κ3) is 3.94. The number of benzene rings is 1. The first-order valence-corrected chi connectivity index (χ1v) is 8.15. The van der Waals surface area contributed by atoms with Crippen molar-refractivity contribution in [2.45, 2.75) is 13.3 Å². The quantitative estimate of drug-likeness (QED) is 0.772. The topological polar surface area (TPSA) is 77.0 Å². The summed E-state index contributed by atoms with van der Waals surface area (Å²) in [6.45, 7) is 1.87. The second kappa shape index (κ2) is 7.18. The van der Waals surface area contributed by atoms with E-state index in [1.54, 1.807) is 25.4 Å². The molecule has 2 aromatic heterocycles. The van der Waals surface area contributed by atoms with Gasteiger partial charge in [-0.2, -0.15) is 0 Å². The van der Waals surface area contributed by atoms with Crippen molar-refractivity contribution >= 4 is 22.4 Å². The van der Waals surface area contributed by atoms with Crippen LogP contribution in [-0.2, 0) is 6.42 Å². The molecule has 0 bridgehead atoms. The molecular formula is C17H16N4O2S. The Bertz CT molecular complexity index is 829. The van der Waals surface area contributed by atoms with Gasteiger partial charge in [-0.15, -0.1) is 10.2 Å². The number of carbonyl (C=O) groups excluding carboxylic acids is 1. The number of pyridine rings is 1. The van der Waals surface area contributed by atoms with Gasteiger partial charge in [0.05, 0.1) is 12.7 Å². The van der Waals surface area contributed by atoms with Crippen LogP contribution in [-0.4, -0.2) is 28.2 Å². The minimum atomic E-state index is -0.241. The van der Waals surface area contributed by atoms with Gasteiger partial charge in [0.1, 0.15) is 10.8 Å². The first-order valence-electron chi connectivity index (χ1n) is 7.33. The fourth-order valence-electron chi connectivity index (χ4n) is 2.06. The van der Waals surface area contributed by atoms with E-state index >= 15 is 0 Å². The van der Waals surface area contributed by atoms with Gasteiger partial charge < -0.3 is 4.74 Å². The van der Waals surface area contributed by atoms with E-state index in [0.717, 1.165) is 22.0 Å². The molecule has 0 spiro atoms. The monoisotopic (exact) mass is 340 g/mol. The highest BCUT2D eigenvalue weighted by Crippen LogP contribution is 2.20. The molecule has 24 heavy (non-hydrogen) atoms. The Morgan fingerprint density at radius 2 is 1.96 bits per heavy atom. The summed E-state index contributed by atoms with van der Waals surface area (Å²) >= 11 is 1.36. The maximum atomic E-state index is 12.1. The lowest BCUT2D eigenvalue weighted by Gasteiger charge is -2.01. The van der Waals surface area contributed by atoms with E-state index in [1.165, 1.54) is 11.3 Å². The van der Waals surface area contributed by atoms with E-state index in [-0.39, 0.29) is 5.91 Å². The summed E-state index contributed by atoms with van der Waals surface area (Å²) < 4.78 is 5.14. The van der Waals surface area contributed by atoms with Crippen molar-refractivity contribution in [1.82, 2.24) is 15.2 Å². The van der Waals surface area contributed by atoms with Crippen LogP contribution in [0.25, 0.3) is 0 Å². The molecule has 1 amide bonds. The Labute approximate surface area is 143 Å². The molecule has 0 unspecified atom stereocenters. The number of methoxy groups -OCH3 is 1. The molecule has 7 heteroatoms. The van der Waals surface area contributed by atoms with Gasteiger partial charge in [0.25, 0.3) is 5.91 Å². The number of nitrogens with zero attached hydrogens (tertiary/aromatic N) is 3. The molecule has 0 fully saturated rings. The molecule has 0 aliphatic heterocycles. The fourth-order valence-corrected chi connectivity index (χ4v) is 2.83. The lowest BCUT2D eigenvalue weighted by atomic mass is 10.1. The Morgan fingerprint density at radius 3 is 2.62 bits per heavy atom. The van der Waals surface area contributed by atoms with Gasteiger partial charge in [0.2, 0.25) is 5.13 Å². The number of aryl methyl sites for hydroxylation is 1. The van der Waals surface area contributed by atoms with Crippen LogP contribution >= 0.6 is 11.3 Å². The summed E-state index contributed by atoms with van der Waals surface area (Å²) in [6.07, 6.45) is 2.20. The first kappa shape index (κ1) is 16.1. The van der Waals surface area contributed by atoms with Crippen molar-refractivity contribution in [1.29, 1.82) is 0 Å². The molecule has 0 atom stereocenters. The van der Waals surface area contributed by atoms with Crippen molar-refractivity contribution < 1.29 is 9.53 Å². The normalized spacial score (nSPS) is 10.4. The van der Waals surface area contributed by atoms with Crippen molar-refractivity contribution in [2.24, 2.45) is 0 Å². The molecule has 0 radical (unpaired) electrons. The van der Waals surface area contributed by atoms with Gasteiger partial charge in [-0.25, -0.2) is 0 Å². The molecule has 0 saturated heterocycles. The summed E-state index contributed by atoms with van der Waals surface area (Å²) in [7, 11) is 1.64. The lowest BCUT2D eigenvalue weighted by Crippen LogP contribution is -2.12. The molecule has 6 nitrogen and oxygen atoms in total. The standard InChI is InChI=1S/C17H16N4O2S/c1-11-3-6-13(10-18-11)16(22)19-17-21-20-15(24-17)9-12-4-7-14(23-2)8-5-12/h3-8,10H,9H2,1-2H3,(H,19,21,22). The predicted molar refractivity (Wildman–Crippen MR) is 92.6 cm³/mol. The number of amides is 1. The Kier molecular flexibility index (Phi) is 4.81. The third-order valence-electron chi connectivity index (χ3n) is 3.38. The van der Waals surface area contributed by atoms with Crippen LogP contribution in [0.2, 0.25) is 0 Å². The van der Waals surface area contributed by atoms with Crippen molar-refractivity contribution in [3.8, 4) is 5.75 Å². The Morgan fingerprint density at radius 1 is 1.17 bits per heavy atom. The summed E-state index contributed by atoms with van der Waals surface area (Å²) in [5, 5.41) is 12.2. The number of rotatable bonds is 5. The minimum absolute atomic E-state index is 0.241. The molecule has 3 aromatic rings. The zero-order valence-electron chi connectivity index (χ0n) is 13.3. The summed E-state index contributed by atoms with van der Waals surface area (Å²) in [6, 6.07) is 11.3. The maximum Gasteiger partial charge on any atom is 0.259 e. The summed E-state index contributed by atoms with van der Waals surface area (Å²) in [4.78, 5) is 16.3. The highest BCUT2D eigenvalue weighted by Gasteiger charge is 2.11. The van der Waals surface area contributed by atoms with Crippen LogP contribution in [0.5, 0.6) is 5.75 Å². The number of ether oxygens (including phenoxy) is 1. The average Bonchev–Trinajstić information content (AvgIpc) is 3.03. The van der Waals surface area contributed by atoms with E-state index in [9.17, 15) is 4.79 Å². The van der Waals surface area contributed by atoms with Gasteiger partial charge in [0, 0.05) is 18.3 Å². The van der Waals surface area contributed by atoms with Crippen LogP contribution < -0.4 is 10.1 Å². The van der Waals surface area contributed by atoms with Crippen molar-refractivity contribution in [3.63, 3.8) is 0 Å². The number of carbonyl (C=O) groups is 1. The number of anilines is 1. The first-order chi connectivity index (χ1) is 11.6. The molecule has 122 valence electrons. The average molecular weight is 340 g/mol. The van der Waals surface area contributed by atoms with Crippen LogP contribution in [0, 0.1) is 6.92 Å². The van der Waals surface area contributed by atoms with E-state index < -0.39 is 0 Å². The van der Waals surface area contributed by atoms with Crippen molar-refractivity contribution in [3.05, 3.63) is 64.4 Å². The Balaban J connectivity index is 1.64. The minimum Gasteiger partial charge on any atom is -0.497 e. The van der Waals surface area contributed by atoms with Crippen LogP contribution in [0.1, 0.15) is 26.6 Å². The SMILES string of the molecule is COc1ccc(Cc2nnc(NC(=O)c3ccc(C)nc3)s2)cc1. The van der Waals surface area contributed by atoms with E-state index in [1.807, 2.05) is 31.2 Å². The smallest absolute Gasteiger partial charge is 0.259 e. The highest BCUT2D eigenvalue weighted by molar-refractivity contribution is 7.15. The van der Waals surface area contributed by atoms with Crippen molar-refractivity contribution in [2.75, 3.05) is 12.4 Å². The molecule has 1 N–H and O–H groups in total. The lowest BCUT2D eigenvalue weighted by molar-refractivity contribution is 0.102. The van der Waals surface area contributed by atoms with Crippen LogP contribution in [0.3, 0.4) is 0 Å². The van der Waals surface area contributed by atoms with Gasteiger partial charge in [0.15, 0.2) is 0 Å². The maximum absolute atomic E-state index is 12.1. The van der Waals surface area contributed by atoms with Gasteiger partial charge in [-0.1, -0.05) is 23.5 Å². The predicted octanol–water partition coefficient (Wildman–Crippen LogP) is 3.09. The second-order valence-corrected chi connectivity index (χ2v) is 6.23. The molecule has 0 saturated carbocycles. The van der Waals surface area contributed by atoms with Crippen LogP contribution in [0.4, 0.5) is 5.13 Å². The molecule has 3 rings (SSSR count).